The zero-order chi connectivity index (χ0) is 14.1. The maximum absolute atomic E-state index is 11.0. The third kappa shape index (κ3) is 2.30. The fraction of sp³-hybridized carbons (Fsp3) is 0.500. The van der Waals surface area contributed by atoms with Crippen LogP contribution in [0.1, 0.15) is 60.7 Å². The molecule has 3 rings (SSSR count). The molecular weight excluding hydrogens is 252 g/mol. The topological polar surface area (TPSA) is 55.1 Å². The highest BCUT2D eigenvalue weighted by atomic mass is 16.4. The van der Waals surface area contributed by atoms with Crippen molar-refractivity contribution in [2.24, 2.45) is 0 Å². The first-order valence-electron chi connectivity index (χ1n) is 7.38. The van der Waals surface area contributed by atoms with Crippen LogP contribution >= 0.6 is 0 Å². The summed E-state index contributed by atoms with van der Waals surface area (Å²) in [6.07, 6.45) is 7.60. The molecule has 1 aliphatic rings. The van der Waals surface area contributed by atoms with Crippen molar-refractivity contribution >= 4 is 17.0 Å². The molecule has 4 nitrogen and oxygen atoms in total. The smallest absolute Gasteiger partial charge is 0.335 e. The number of hydrogen-bond acceptors (Lipinski definition) is 2. The van der Waals surface area contributed by atoms with Crippen LogP contribution in [0, 0.1) is 6.92 Å². The van der Waals surface area contributed by atoms with E-state index in [1.807, 2.05) is 13.0 Å². The standard InChI is InChI=1S/C16H20N2O2/c1-11-17-14-10-12(16(19)20)8-9-15(14)18(11)13-6-4-2-3-5-7-13/h8-10,13H,2-7H2,1H3,(H,19,20). The summed E-state index contributed by atoms with van der Waals surface area (Å²) in [5.41, 5.74) is 2.18. The second-order valence-corrected chi connectivity index (χ2v) is 5.68. The molecule has 1 saturated carbocycles. The Kier molecular flexibility index (Phi) is 3.47. The van der Waals surface area contributed by atoms with E-state index in [9.17, 15) is 4.79 Å². The minimum absolute atomic E-state index is 0.308. The first-order chi connectivity index (χ1) is 9.66. The van der Waals surface area contributed by atoms with E-state index in [-0.39, 0.29) is 0 Å². The Bertz CT molecular complexity index is 637. The Morgan fingerprint density at radius 1 is 1.25 bits per heavy atom. The Hall–Kier alpha value is -1.84. The highest BCUT2D eigenvalue weighted by molar-refractivity contribution is 5.92. The first-order valence-corrected chi connectivity index (χ1v) is 7.38. The second kappa shape index (κ2) is 5.27. The lowest BCUT2D eigenvalue weighted by Gasteiger charge is -2.19. The lowest BCUT2D eigenvalue weighted by Crippen LogP contribution is -2.09. The normalized spacial score (nSPS) is 17.2. The van der Waals surface area contributed by atoms with Crippen LogP contribution in [-0.2, 0) is 0 Å². The number of rotatable bonds is 2. The molecule has 0 spiro atoms. The van der Waals surface area contributed by atoms with Crippen LogP contribution in [0.3, 0.4) is 0 Å². The molecule has 1 heterocycles. The summed E-state index contributed by atoms with van der Waals surface area (Å²) in [5, 5.41) is 9.07. The van der Waals surface area contributed by atoms with Crippen molar-refractivity contribution in [1.29, 1.82) is 0 Å². The number of hydrogen-bond donors (Lipinski definition) is 1. The van der Waals surface area contributed by atoms with Gasteiger partial charge in [-0.05, 0) is 38.0 Å². The average molecular weight is 272 g/mol. The summed E-state index contributed by atoms with van der Waals surface area (Å²) >= 11 is 0. The largest absolute Gasteiger partial charge is 0.478 e. The summed E-state index contributed by atoms with van der Waals surface area (Å²) in [6.45, 7) is 2.02. The summed E-state index contributed by atoms with van der Waals surface area (Å²) in [5.74, 6) is 0.100. The van der Waals surface area contributed by atoms with Crippen LogP contribution in [0.4, 0.5) is 0 Å². The van der Waals surface area contributed by atoms with E-state index >= 15 is 0 Å². The van der Waals surface area contributed by atoms with E-state index in [0.29, 0.717) is 11.6 Å². The Morgan fingerprint density at radius 2 is 1.95 bits per heavy atom. The minimum Gasteiger partial charge on any atom is -0.478 e. The van der Waals surface area contributed by atoms with Crippen LogP contribution in [0.2, 0.25) is 0 Å². The first kappa shape index (κ1) is 13.2. The van der Waals surface area contributed by atoms with Gasteiger partial charge in [-0.25, -0.2) is 9.78 Å². The summed E-state index contributed by atoms with van der Waals surface area (Å²) in [7, 11) is 0. The van der Waals surface area contributed by atoms with Crippen molar-refractivity contribution in [3.63, 3.8) is 0 Å². The van der Waals surface area contributed by atoms with E-state index in [1.54, 1.807) is 12.1 Å². The van der Waals surface area contributed by atoms with E-state index in [0.717, 1.165) is 16.9 Å². The Morgan fingerprint density at radius 3 is 2.60 bits per heavy atom. The molecule has 1 N–H and O–H groups in total. The van der Waals surface area contributed by atoms with Crippen LogP contribution in [-0.4, -0.2) is 20.6 Å². The van der Waals surface area contributed by atoms with Gasteiger partial charge < -0.3 is 9.67 Å². The minimum atomic E-state index is -0.895. The van der Waals surface area contributed by atoms with Gasteiger partial charge in [-0.3, -0.25) is 0 Å². The van der Waals surface area contributed by atoms with Gasteiger partial charge in [0, 0.05) is 6.04 Å². The SMILES string of the molecule is Cc1nc2cc(C(=O)O)ccc2n1C1CCCCCC1. The predicted molar refractivity (Wildman–Crippen MR) is 78.2 cm³/mol. The molecular formula is C16H20N2O2. The fourth-order valence-corrected chi connectivity index (χ4v) is 3.33. The van der Waals surface area contributed by atoms with E-state index in [1.165, 1.54) is 38.5 Å². The molecule has 0 saturated heterocycles. The number of benzene rings is 1. The molecule has 0 unspecified atom stereocenters. The van der Waals surface area contributed by atoms with Gasteiger partial charge >= 0.3 is 5.97 Å². The highest BCUT2D eigenvalue weighted by Crippen LogP contribution is 2.31. The maximum atomic E-state index is 11.0. The van der Waals surface area contributed by atoms with E-state index < -0.39 is 5.97 Å². The molecule has 0 aliphatic heterocycles. The Balaban J connectivity index is 2.06. The van der Waals surface area contributed by atoms with Crippen molar-refractivity contribution in [2.75, 3.05) is 0 Å². The molecule has 2 aromatic rings. The molecule has 0 atom stereocenters. The summed E-state index contributed by atoms with van der Waals surface area (Å²) in [4.78, 5) is 15.6. The van der Waals surface area contributed by atoms with Gasteiger partial charge in [0.1, 0.15) is 5.82 Å². The van der Waals surface area contributed by atoms with Gasteiger partial charge in [0.05, 0.1) is 16.6 Å². The fourth-order valence-electron chi connectivity index (χ4n) is 3.33. The van der Waals surface area contributed by atoms with Gasteiger partial charge in [-0.15, -0.1) is 0 Å². The van der Waals surface area contributed by atoms with Crippen LogP contribution in [0.5, 0.6) is 0 Å². The van der Waals surface area contributed by atoms with Crippen molar-refractivity contribution in [3.05, 3.63) is 29.6 Å². The maximum Gasteiger partial charge on any atom is 0.335 e. The lowest BCUT2D eigenvalue weighted by molar-refractivity contribution is 0.0697. The summed E-state index contributed by atoms with van der Waals surface area (Å²) in [6, 6.07) is 5.78. The highest BCUT2D eigenvalue weighted by Gasteiger charge is 2.19. The molecule has 0 radical (unpaired) electrons. The predicted octanol–water partition coefficient (Wildman–Crippen LogP) is 3.94. The third-order valence-corrected chi connectivity index (χ3v) is 4.30. The average Bonchev–Trinajstić information content (AvgIpc) is 2.61. The number of carboxylic acid groups (broad SMARTS) is 1. The molecule has 0 amide bonds. The molecule has 0 bridgehead atoms. The molecule has 106 valence electrons. The van der Waals surface area contributed by atoms with Crippen molar-refractivity contribution in [3.8, 4) is 0 Å². The van der Waals surface area contributed by atoms with Gasteiger partial charge in [0.2, 0.25) is 0 Å². The third-order valence-electron chi connectivity index (χ3n) is 4.30. The quantitative estimate of drug-likeness (QED) is 0.842. The number of aryl methyl sites for hydroxylation is 1. The van der Waals surface area contributed by atoms with Crippen LogP contribution in [0.25, 0.3) is 11.0 Å². The Labute approximate surface area is 118 Å². The van der Waals surface area contributed by atoms with Crippen molar-refractivity contribution in [1.82, 2.24) is 9.55 Å². The molecule has 1 aliphatic carbocycles. The number of aromatic carboxylic acids is 1. The van der Waals surface area contributed by atoms with E-state index in [4.69, 9.17) is 5.11 Å². The second-order valence-electron chi connectivity index (χ2n) is 5.68. The number of aromatic nitrogens is 2. The van der Waals surface area contributed by atoms with E-state index in [2.05, 4.69) is 9.55 Å². The van der Waals surface area contributed by atoms with Crippen molar-refractivity contribution in [2.45, 2.75) is 51.5 Å². The monoisotopic (exact) mass is 272 g/mol. The molecule has 1 aromatic heterocycles. The lowest BCUT2D eigenvalue weighted by atomic mass is 10.1. The van der Waals surface area contributed by atoms with Crippen LogP contribution < -0.4 is 0 Å². The van der Waals surface area contributed by atoms with Gasteiger partial charge in [-0.2, -0.15) is 0 Å². The van der Waals surface area contributed by atoms with Gasteiger partial charge in [-0.1, -0.05) is 25.7 Å². The number of carboxylic acids is 1. The van der Waals surface area contributed by atoms with Gasteiger partial charge in [0.15, 0.2) is 0 Å². The zero-order valence-electron chi connectivity index (χ0n) is 11.8. The molecule has 1 fully saturated rings. The molecule has 20 heavy (non-hydrogen) atoms. The number of nitrogens with zero attached hydrogens (tertiary/aromatic N) is 2. The van der Waals surface area contributed by atoms with Crippen LogP contribution in [0.15, 0.2) is 18.2 Å². The summed E-state index contributed by atoms with van der Waals surface area (Å²) < 4.78 is 2.31. The van der Waals surface area contributed by atoms with Crippen molar-refractivity contribution < 1.29 is 9.90 Å². The number of carbonyl (C=O) groups is 1. The molecule has 4 heteroatoms. The van der Waals surface area contributed by atoms with Gasteiger partial charge in [0.25, 0.3) is 0 Å². The molecule has 1 aromatic carbocycles. The zero-order valence-corrected chi connectivity index (χ0v) is 11.8. The number of imidazole rings is 1. The number of fused-ring (bicyclic) bond motifs is 1.